The summed E-state index contributed by atoms with van der Waals surface area (Å²) in [6.07, 6.45) is 3.22. The molecule has 0 aliphatic rings. The lowest BCUT2D eigenvalue weighted by molar-refractivity contribution is 0.340. The van der Waals surface area contributed by atoms with Gasteiger partial charge in [-0.1, -0.05) is 0 Å². The Morgan fingerprint density at radius 1 is 1.33 bits per heavy atom. The molecule has 18 heavy (non-hydrogen) atoms. The van der Waals surface area contributed by atoms with E-state index in [1.807, 2.05) is 43.0 Å². The summed E-state index contributed by atoms with van der Waals surface area (Å²) in [6, 6.07) is 7.78. The second-order valence-electron chi connectivity index (χ2n) is 3.68. The predicted octanol–water partition coefficient (Wildman–Crippen LogP) is 3.12. The van der Waals surface area contributed by atoms with Gasteiger partial charge < -0.3 is 15.4 Å². The highest BCUT2D eigenvalue weighted by molar-refractivity contribution is 7.98. The molecule has 0 atom stereocenters. The van der Waals surface area contributed by atoms with Gasteiger partial charge in [0.05, 0.1) is 6.61 Å². The van der Waals surface area contributed by atoms with Crippen LogP contribution in [0.25, 0.3) is 0 Å². The van der Waals surface area contributed by atoms with E-state index in [0.717, 1.165) is 30.2 Å². The minimum atomic E-state index is 0.667. The van der Waals surface area contributed by atoms with E-state index in [1.165, 1.54) is 0 Å². The third-order valence-electron chi connectivity index (χ3n) is 2.23. The molecule has 3 nitrogen and oxygen atoms in total. The fourth-order valence-corrected chi connectivity index (χ4v) is 2.05. The zero-order valence-electron chi connectivity index (χ0n) is 10.9. The van der Waals surface area contributed by atoms with Crippen molar-refractivity contribution >= 4 is 34.8 Å². The van der Waals surface area contributed by atoms with E-state index in [1.54, 1.807) is 0 Å². The molecule has 100 valence electrons. The number of benzene rings is 1. The molecule has 0 aromatic heterocycles. The van der Waals surface area contributed by atoms with Crippen molar-refractivity contribution in [3.8, 4) is 5.75 Å². The smallest absolute Gasteiger partial charge is 0.170 e. The fraction of sp³-hybridized carbons (Fsp3) is 0.462. The van der Waals surface area contributed by atoms with Gasteiger partial charge in [-0.3, -0.25) is 0 Å². The summed E-state index contributed by atoms with van der Waals surface area (Å²) in [5.41, 5.74) is 0.973. The second-order valence-corrected chi connectivity index (χ2v) is 5.08. The summed E-state index contributed by atoms with van der Waals surface area (Å²) in [5.74, 6) is 2.03. The van der Waals surface area contributed by atoms with Gasteiger partial charge in [-0.05, 0) is 61.8 Å². The molecule has 0 saturated carbocycles. The summed E-state index contributed by atoms with van der Waals surface area (Å²) in [7, 11) is 0. The van der Waals surface area contributed by atoms with Crippen LogP contribution in [0.3, 0.4) is 0 Å². The third kappa shape index (κ3) is 6.12. The lowest BCUT2D eigenvalue weighted by atomic mass is 10.3. The van der Waals surface area contributed by atoms with Gasteiger partial charge in [0.25, 0.3) is 0 Å². The van der Waals surface area contributed by atoms with Crippen LogP contribution in [0.2, 0.25) is 0 Å². The van der Waals surface area contributed by atoms with Gasteiger partial charge in [0.1, 0.15) is 5.75 Å². The molecule has 1 aromatic carbocycles. The molecule has 0 unspecified atom stereocenters. The summed E-state index contributed by atoms with van der Waals surface area (Å²) < 4.78 is 5.38. The lowest BCUT2D eigenvalue weighted by Crippen LogP contribution is -2.29. The first-order chi connectivity index (χ1) is 8.76. The normalized spacial score (nSPS) is 9.89. The Morgan fingerprint density at radius 2 is 2.06 bits per heavy atom. The average Bonchev–Trinajstić information content (AvgIpc) is 2.37. The minimum Gasteiger partial charge on any atom is -0.494 e. The van der Waals surface area contributed by atoms with Gasteiger partial charge >= 0.3 is 0 Å². The van der Waals surface area contributed by atoms with Gasteiger partial charge in [-0.15, -0.1) is 0 Å². The molecule has 0 heterocycles. The van der Waals surface area contributed by atoms with Crippen molar-refractivity contribution in [2.24, 2.45) is 0 Å². The SMILES string of the molecule is CCOc1ccc(NC(=S)NCCCSC)cc1. The van der Waals surface area contributed by atoms with Crippen LogP contribution in [0.5, 0.6) is 5.75 Å². The van der Waals surface area contributed by atoms with Gasteiger partial charge in [0.15, 0.2) is 5.11 Å². The molecular weight excluding hydrogens is 264 g/mol. The van der Waals surface area contributed by atoms with Crippen molar-refractivity contribution in [3.63, 3.8) is 0 Å². The van der Waals surface area contributed by atoms with Crippen LogP contribution in [0.1, 0.15) is 13.3 Å². The first-order valence-electron chi connectivity index (χ1n) is 6.03. The Morgan fingerprint density at radius 3 is 2.67 bits per heavy atom. The largest absolute Gasteiger partial charge is 0.494 e. The van der Waals surface area contributed by atoms with Crippen molar-refractivity contribution in [1.29, 1.82) is 0 Å². The van der Waals surface area contributed by atoms with Crippen molar-refractivity contribution in [3.05, 3.63) is 24.3 Å². The van der Waals surface area contributed by atoms with Crippen LogP contribution in [-0.2, 0) is 0 Å². The average molecular weight is 284 g/mol. The monoisotopic (exact) mass is 284 g/mol. The van der Waals surface area contributed by atoms with Crippen LogP contribution in [0.15, 0.2) is 24.3 Å². The van der Waals surface area contributed by atoms with Crippen LogP contribution in [-0.4, -0.2) is 30.3 Å². The summed E-state index contributed by atoms with van der Waals surface area (Å²) in [4.78, 5) is 0. The first kappa shape index (κ1) is 15.1. The number of rotatable bonds is 7. The Labute approximate surface area is 119 Å². The van der Waals surface area contributed by atoms with Crippen LogP contribution < -0.4 is 15.4 Å². The number of anilines is 1. The second kappa shape index (κ2) is 9.05. The Hall–Kier alpha value is -0.940. The zero-order chi connectivity index (χ0) is 13.2. The quantitative estimate of drug-likeness (QED) is 0.594. The maximum absolute atomic E-state index is 5.38. The van der Waals surface area contributed by atoms with Crippen molar-refractivity contribution < 1.29 is 4.74 Å². The van der Waals surface area contributed by atoms with Crippen LogP contribution in [0, 0.1) is 0 Å². The minimum absolute atomic E-state index is 0.667. The number of hydrogen-bond donors (Lipinski definition) is 2. The van der Waals surface area contributed by atoms with Crippen LogP contribution >= 0.6 is 24.0 Å². The van der Waals surface area contributed by atoms with Crippen LogP contribution in [0.4, 0.5) is 5.69 Å². The summed E-state index contributed by atoms with van der Waals surface area (Å²) in [6.45, 7) is 3.56. The highest BCUT2D eigenvalue weighted by Gasteiger charge is 1.98. The third-order valence-corrected chi connectivity index (χ3v) is 3.18. The molecule has 1 aromatic rings. The predicted molar refractivity (Wildman–Crippen MR) is 84.8 cm³/mol. The Balaban J connectivity index is 2.30. The number of nitrogens with one attached hydrogen (secondary N) is 2. The maximum Gasteiger partial charge on any atom is 0.170 e. The molecule has 0 radical (unpaired) electrons. The standard InChI is InChI=1S/C13H20N2OS2/c1-3-16-12-7-5-11(6-8-12)15-13(17)14-9-4-10-18-2/h5-8H,3-4,9-10H2,1-2H3,(H2,14,15,17). The van der Waals surface area contributed by atoms with E-state index in [4.69, 9.17) is 17.0 Å². The molecule has 0 aliphatic carbocycles. The van der Waals surface area contributed by atoms with Gasteiger partial charge in [0, 0.05) is 12.2 Å². The molecule has 0 aliphatic heterocycles. The van der Waals surface area contributed by atoms with Gasteiger partial charge in [-0.2, -0.15) is 11.8 Å². The van der Waals surface area contributed by atoms with E-state index < -0.39 is 0 Å². The number of thioether (sulfide) groups is 1. The fourth-order valence-electron chi connectivity index (χ4n) is 1.39. The Bertz CT molecular complexity index is 355. The zero-order valence-corrected chi connectivity index (χ0v) is 12.5. The summed E-state index contributed by atoms with van der Waals surface area (Å²) >= 11 is 7.06. The van der Waals surface area contributed by atoms with E-state index >= 15 is 0 Å². The van der Waals surface area contributed by atoms with Crippen molar-refractivity contribution in [2.45, 2.75) is 13.3 Å². The first-order valence-corrected chi connectivity index (χ1v) is 7.83. The van der Waals surface area contributed by atoms with E-state index in [0.29, 0.717) is 11.7 Å². The maximum atomic E-state index is 5.38. The van der Waals surface area contributed by atoms with E-state index in [9.17, 15) is 0 Å². The number of thiocarbonyl (C=S) groups is 1. The lowest BCUT2D eigenvalue weighted by Gasteiger charge is -2.10. The Kier molecular flexibility index (Phi) is 7.60. The molecule has 0 amide bonds. The molecule has 0 bridgehead atoms. The molecule has 0 spiro atoms. The molecule has 0 fully saturated rings. The molecule has 5 heteroatoms. The molecular formula is C13H20N2OS2. The van der Waals surface area contributed by atoms with E-state index in [2.05, 4.69) is 16.9 Å². The summed E-state index contributed by atoms with van der Waals surface area (Å²) in [5, 5.41) is 6.99. The van der Waals surface area contributed by atoms with Crippen molar-refractivity contribution in [1.82, 2.24) is 5.32 Å². The molecule has 2 N–H and O–H groups in total. The highest BCUT2D eigenvalue weighted by atomic mass is 32.2. The number of ether oxygens (including phenoxy) is 1. The van der Waals surface area contributed by atoms with Gasteiger partial charge in [0.2, 0.25) is 0 Å². The highest BCUT2D eigenvalue weighted by Crippen LogP contribution is 2.15. The topological polar surface area (TPSA) is 33.3 Å². The molecule has 1 rings (SSSR count). The van der Waals surface area contributed by atoms with Crippen molar-refractivity contribution in [2.75, 3.05) is 30.5 Å². The van der Waals surface area contributed by atoms with E-state index in [-0.39, 0.29) is 0 Å². The number of hydrogen-bond acceptors (Lipinski definition) is 3. The molecule has 0 saturated heterocycles. The van der Waals surface area contributed by atoms with Gasteiger partial charge in [-0.25, -0.2) is 0 Å².